The molecule has 3 nitrogen and oxygen atoms in total. The van der Waals surface area contributed by atoms with Crippen LogP contribution in [0.1, 0.15) is 64.7 Å². The SMILES string of the molecule is CCCN(CC1CCCCC1)C(=O)CCC1CCNC1.Cl. The number of hydrogen-bond donors (Lipinski definition) is 1. The van der Waals surface area contributed by atoms with Crippen LogP contribution >= 0.6 is 12.4 Å². The van der Waals surface area contributed by atoms with Crippen molar-refractivity contribution in [2.45, 2.75) is 64.7 Å². The zero-order valence-electron chi connectivity index (χ0n) is 13.6. The fourth-order valence-corrected chi connectivity index (χ4v) is 3.72. The molecule has 0 aromatic rings. The summed E-state index contributed by atoms with van der Waals surface area (Å²) in [7, 11) is 0. The average molecular weight is 317 g/mol. The highest BCUT2D eigenvalue weighted by molar-refractivity contribution is 5.85. The molecule has 1 unspecified atom stereocenters. The molecule has 21 heavy (non-hydrogen) atoms. The first-order chi connectivity index (χ1) is 9.79. The largest absolute Gasteiger partial charge is 0.342 e. The van der Waals surface area contributed by atoms with Crippen LogP contribution in [0.25, 0.3) is 0 Å². The Balaban J connectivity index is 0.00000220. The number of carbonyl (C=O) groups excluding carboxylic acids is 1. The molecule has 0 spiro atoms. The van der Waals surface area contributed by atoms with Crippen LogP contribution in [0.15, 0.2) is 0 Å². The Morgan fingerprint density at radius 2 is 1.90 bits per heavy atom. The van der Waals surface area contributed by atoms with Gasteiger partial charge in [0, 0.05) is 19.5 Å². The summed E-state index contributed by atoms with van der Waals surface area (Å²) in [5.74, 6) is 1.91. The molecule has 0 aromatic heterocycles. The molecule has 1 heterocycles. The Morgan fingerprint density at radius 3 is 2.52 bits per heavy atom. The zero-order chi connectivity index (χ0) is 14.2. The summed E-state index contributed by atoms with van der Waals surface area (Å²) in [4.78, 5) is 14.6. The molecule has 2 aliphatic rings. The van der Waals surface area contributed by atoms with Crippen molar-refractivity contribution in [2.24, 2.45) is 11.8 Å². The van der Waals surface area contributed by atoms with Crippen LogP contribution in [0.4, 0.5) is 0 Å². The molecule has 1 amide bonds. The second-order valence-corrected chi connectivity index (χ2v) is 6.74. The van der Waals surface area contributed by atoms with Gasteiger partial charge in [-0.3, -0.25) is 4.79 Å². The molecule has 0 aromatic carbocycles. The molecule has 1 aliphatic heterocycles. The molecule has 2 fully saturated rings. The third-order valence-electron chi connectivity index (χ3n) is 4.98. The summed E-state index contributed by atoms with van der Waals surface area (Å²) in [6.07, 6.45) is 11.0. The third kappa shape index (κ3) is 6.56. The van der Waals surface area contributed by atoms with Crippen molar-refractivity contribution in [3.63, 3.8) is 0 Å². The highest BCUT2D eigenvalue weighted by Crippen LogP contribution is 2.25. The molecule has 0 bridgehead atoms. The Morgan fingerprint density at radius 1 is 1.14 bits per heavy atom. The van der Waals surface area contributed by atoms with Crippen LogP contribution in [0.3, 0.4) is 0 Å². The number of nitrogens with one attached hydrogen (secondary N) is 1. The van der Waals surface area contributed by atoms with Gasteiger partial charge >= 0.3 is 0 Å². The van der Waals surface area contributed by atoms with E-state index >= 15 is 0 Å². The van der Waals surface area contributed by atoms with Gasteiger partial charge in [-0.2, -0.15) is 0 Å². The first-order valence-corrected chi connectivity index (χ1v) is 8.78. The van der Waals surface area contributed by atoms with Gasteiger partial charge in [-0.25, -0.2) is 0 Å². The van der Waals surface area contributed by atoms with Crippen molar-refractivity contribution in [1.82, 2.24) is 10.2 Å². The normalized spacial score (nSPS) is 22.8. The lowest BCUT2D eigenvalue weighted by Crippen LogP contribution is -2.36. The highest BCUT2D eigenvalue weighted by Gasteiger charge is 2.22. The summed E-state index contributed by atoms with van der Waals surface area (Å²) < 4.78 is 0. The van der Waals surface area contributed by atoms with E-state index in [4.69, 9.17) is 0 Å². The van der Waals surface area contributed by atoms with Crippen LogP contribution in [0.5, 0.6) is 0 Å². The van der Waals surface area contributed by atoms with Crippen LogP contribution in [-0.4, -0.2) is 37.0 Å². The smallest absolute Gasteiger partial charge is 0.222 e. The van der Waals surface area contributed by atoms with Crippen molar-refractivity contribution in [3.8, 4) is 0 Å². The fourth-order valence-electron chi connectivity index (χ4n) is 3.72. The third-order valence-corrected chi connectivity index (χ3v) is 4.98. The second kappa shape index (κ2) is 10.4. The summed E-state index contributed by atoms with van der Waals surface area (Å²) in [6.45, 7) is 6.42. The molecule has 1 saturated carbocycles. The lowest BCUT2D eigenvalue weighted by atomic mass is 9.88. The molecule has 124 valence electrons. The fraction of sp³-hybridized carbons (Fsp3) is 0.941. The van der Waals surface area contributed by atoms with Crippen molar-refractivity contribution < 1.29 is 4.79 Å². The topological polar surface area (TPSA) is 32.3 Å². The molecule has 2 rings (SSSR count). The Labute approximate surface area is 136 Å². The minimum absolute atomic E-state index is 0. The van der Waals surface area contributed by atoms with E-state index in [1.54, 1.807) is 0 Å². The van der Waals surface area contributed by atoms with Gasteiger partial charge in [0.15, 0.2) is 0 Å². The summed E-state index contributed by atoms with van der Waals surface area (Å²) in [6, 6.07) is 0. The van der Waals surface area contributed by atoms with Gasteiger partial charge in [0.2, 0.25) is 5.91 Å². The monoisotopic (exact) mass is 316 g/mol. The number of amides is 1. The molecular weight excluding hydrogens is 284 g/mol. The summed E-state index contributed by atoms with van der Waals surface area (Å²) >= 11 is 0. The van der Waals surface area contributed by atoms with Gasteiger partial charge in [0.1, 0.15) is 0 Å². The zero-order valence-corrected chi connectivity index (χ0v) is 14.4. The standard InChI is InChI=1S/C17H32N2O.ClH/c1-2-12-19(14-16-6-4-3-5-7-16)17(20)9-8-15-10-11-18-13-15;/h15-16,18H,2-14H2,1H3;1H. The van der Waals surface area contributed by atoms with E-state index in [2.05, 4.69) is 17.1 Å². The molecule has 4 heteroatoms. The molecular formula is C17H33ClN2O. The quantitative estimate of drug-likeness (QED) is 0.778. The number of halogens is 1. The van der Waals surface area contributed by atoms with E-state index in [0.717, 1.165) is 57.3 Å². The molecule has 0 radical (unpaired) electrons. The minimum atomic E-state index is 0. The maximum atomic E-state index is 12.5. The summed E-state index contributed by atoms with van der Waals surface area (Å²) in [5.41, 5.74) is 0. The highest BCUT2D eigenvalue weighted by atomic mass is 35.5. The Kier molecular flexibility index (Phi) is 9.34. The van der Waals surface area contributed by atoms with Crippen LogP contribution < -0.4 is 5.32 Å². The lowest BCUT2D eigenvalue weighted by molar-refractivity contribution is -0.132. The van der Waals surface area contributed by atoms with Crippen molar-refractivity contribution >= 4 is 18.3 Å². The predicted octanol–water partition coefficient (Wildman–Crippen LogP) is 3.62. The molecule has 1 atom stereocenters. The van der Waals surface area contributed by atoms with Gasteiger partial charge in [0.25, 0.3) is 0 Å². The van der Waals surface area contributed by atoms with Crippen molar-refractivity contribution in [2.75, 3.05) is 26.2 Å². The maximum Gasteiger partial charge on any atom is 0.222 e. The van der Waals surface area contributed by atoms with Gasteiger partial charge in [0.05, 0.1) is 0 Å². The Bertz CT molecular complexity index is 287. The van der Waals surface area contributed by atoms with Crippen molar-refractivity contribution in [1.29, 1.82) is 0 Å². The van der Waals surface area contributed by atoms with E-state index in [1.807, 2.05) is 0 Å². The van der Waals surface area contributed by atoms with Crippen molar-refractivity contribution in [3.05, 3.63) is 0 Å². The van der Waals surface area contributed by atoms with Crippen LogP contribution in [0, 0.1) is 11.8 Å². The maximum absolute atomic E-state index is 12.5. The molecule has 1 N–H and O–H groups in total. The minimum Gasteiger partial charge on any atom is -0.342 e. The number of rotatable bonds is 7. The van der Waals surface area contributed by atoms with Crippen LogP contribution in [-0.2, 0) is 4.79 Å². The van der Waals surface area contributed by atoms with Gasteiger partial charge in [-0.15, -0.1) is 12.4 Å². The van der Waals surface area contributed by atoms with Crippen LogP contribution in [0.2, 0.25) is 0 Å². The van der Waals surface area contributed by atoms with E-state index in [1.165, 1.54) is 38.5 Å². The first-order valence-electron chi connectivity index (χ1n) is 8.78. The summed E-state index contributed by atoms with van der Waals surface area (Å²) in [5, 5.41) is 3.39. The van der Waals surface area contributed by atoms with Gasteiger partial charge < -0.3 is 10.2 Å². The second-order valence-electron chi connectivity index (χ2n) is 6.74. The van der Waals surface area contributed by atoms with Gasteiger partial charge in [-0.05, 0) is 57.0 Å². The Hall–Kier alpha value is -0.280. The van der Waals surface area contributed by atoms with Gasteiger partial charge in [-0.1, -0.05) is 26.2 Å². The van der Waals surface area contributed by atoms with E-state index < -0.39 is 0 Å². The number of nitrogens with zero attached hydrogens (tertiary/aromatic N) is 1. The number of carbonyl (C=O) groups is 1. The number of hydrogen-bond acceptors (Lipinski definition) is 2. The van der Waals surface area contributed by atoms with E-state index in [-0.39, 0.29) is 12.4 Å². The molecule has 1 saturated heterocycles. The van der Waals surface area contributed by atoms with E-state index in [9.17, 15) is 4.79 Å². The first kappa shape index (κ1) is 18.8. The molecule has 1 aliphatic carbocycles. The lowest BCUT2D eigenvalue weighted by Gasteiger charge is -2.30. The van der Waals surface area contributed by atoms with E-state index in [0.29, 0.717) is 5.91 Å². The average Bonchev–Trinajstić information content (AvgIpc) is 2.99. The predicted molar refractivity (Wildman–Crippen MR) is 90.9 cm³/mol.